The maximum absolute atomic E-state index is 12.2. The number of rotatable bonds is 5. The van der Waals surface area contributed by atoms with Gasteiger partial charge < -0.3 is 15.8 Å². The van der Waals surface area contributed by atoms with Crippen LogP contribution in [0.3, 0.4) is 0 Å². The second-order valence-electron chi connectivity index (χ2n) is 6.07. The Morgan fingerprint density at radius 3 is 2.33 bits per heavy atom. The monoisotopic (exact) mass is 256 g/mol. The molecule has 4 nitrogen and oxygen atoms in total. The Morgan fingerprint density at radius 1 is 1.28 bits per heavy atom. The van der Waals surface area contributed by atoms with E-state index in [2.05, 4.69) is 26.1 Å². The highest BCUT2D eigenvalue weighted by atomic mass is 16.5. The molecule has 3 N–H and O–H groups in total. The first-order valence-corrected chi connectivity index (χ1v) is 7.01. The number of hydrogen-bond donors (Lipinski definition) is 2. The highest BCUT2D eigenvalue weighted by Gasteiger charge is 2.41. The van der Waals surface area contributed by atoms with Gasteiger partial charge in [0.2, 0.25) is 5.91 Å². The summed E-state index contributed by atoms with van der Waals surface area (Å²) in [4.78, 5) is 12.2. The highest BCUT2D eigenvalue weighted by molar-refractivity contribution is 5.79. The normalized spacial score (nSPS) is 33.7. The van der Waals surface area contributed by atoms with E-state index in [0.29, 0.717) is 12.5 Å². The van der Waals surface area contributed by atoms with Gasteiger partial charge >= 0.3 is 0 Å². The summed E-state index contributed by atoms with van der Waals surface area (Å²) in [5, 5.41) is 2.97. The average Bonchev–Trinajstić information content (AvgIpc) is 2.49. The molecular formula is C14H28N2O2. The van der Waals surface area contributed by atoms with Crippen LogP contribution >= 0.6 is 0 Å². The summed E-state index contributed by atoms with van der Waals surface area (Å²) in [6, 6.07) is 0.0410. The molecule has 0 saturated carbocycles. The molecule has 1 aliphatic heterocycles. The van der Waals surface area contributed by atoms with Crippen molar-refractivity contribution in [3.8, 4) is 0 Å². The average molecular weight is 256 g/mol. The molecule has 1 rings (SSSR count). The topological polar surface area (TPSA) is 64.3 Å². The van der Waals surface area contributed by atoms with Crippen LogP contribution in [0, 0.1) is 17.8 Å². The van der Waals surface area contributed by atoms with Crippen LogP contribution in [0.2, 0.25) is 0 Å². The summed E-state index contributed by atoms with van der Waals surface area (Å²) in [5.41, 5.74) is 5.97. The molecule has 0 bridgehead atoms. The number of ether oxygens (including phenoxy) is 1. The van der Waals surface area contributed by atoms with Crippen LogP contribution in [-0.2, 0) is 9.53 Å². The van der Waals surface area contributed by atoms with E-state index in [0.717, 1.165) is 6.42 Å². The summed E-state index contributed by atoms with van der Waals surface area (Å²) < 4.78 is 5.69. The second kappa shape index (κ2) is 6.53. The summed E-state index contributed by atoms with van der Waals surface area (Å²) >= 11 is 0. The van der Waals surface area contributed by atoms with Gasteiger partial charge in [-0.2, -0.15) is 0 Å². The van der Waals surface area contributed by atoms with Gasteiger partial charge in [-0.05, 0) is 32.1 Å². The predicted octanol–water partition coefficient (Wildman–Crippen LogP) is 1.54. The smallest absolute Gasteiger partial charge is 0.226 e. The lowest BCUT2D eigenvalue weighted by Gasteiger charge is -2.20. The third kappa shape index (κ3) is 3.95. The first kappa shape index (κ1) is 15.4. The zero-order valence-electron chi connectivity index (χ0n) is 12.3. The molecule has 1 saturated heterocycles. The van der Waals surface area contributed by atoms with Gasteiger partial charge in [0, 0.05) is 12.6 Å². The molecule has 18 heavy (non-hydrogen) atoms. The van der Waals surface area contributed by atoms with Gasteiger partial charge in [-0.25, -0.2) is 0 Å². The predicted molar refractivity (Wildman–Crippen MR) is 73.1 cm³/mol. The Labute approximate surface area is 111 Å². The molecule has 0 aromatic heterocycles. The minimum Gasteiger partial charge on any atom is -0.374 e. The standard InChI is InChI=1S/C14H28N2O2/c1-8(2)6-12(15)7-16-14(17)13-9(3)10(4)18-11(13)5/h8-13H,6-7,15H2,1-5H3,(H,16,17). The molecule has 5 unspecified atom stereocenters. The van der Waals surface area contributed by atoms with Gasteiger partial charge in [0.25, 0.3) is 0 Å². The fraction of sp³-hybridized carbons (Fsp3) is 0.929. The van der Waals surface area contributed by atoms with E-state index >= 15 is 0 Å². The highest BCUT2D eigenvalue weighted by Crippen LogP contribution is 2.32. The molecule has 4 heteroatoms. The van der Waals surface area contributed by atoms with Crippen molar-refractivity contribution in [1.82, 2.24) is 5.32 Å². The Kier molecular flexibility index (Phi) is 5.60. The lowest BCUT2D eigenvalue weighted by Crippen LogP contribution is -2.43. The summed E-state index contributed by atoms with van der Waals surface area (Å²) in [7, 11) is 0. The quantitative estimate of drug-likeness (QED) is 0.784. The van der Waals surface area contributed by atoms with Crippen molar-refractivity contribution in [3.05, 3.63) is 0 Å². The van der Waals surface area contributed by atoms with Gasteiger partial charge in [-0.3, -0.25) is 4.79 Å². The molecule has 1 heterocycles. The molecule has 1 aliphatic rings. The van der Waals surface area contributed by atoms with Gasteiger partial charge in [-0.15, -0.1) is 0 Å². The summed E-state index contributed by atoms with van der Waals surface area (Å²) in [6.07, 6.45) is 1.08. The molecule has 0 aromatic rings. The zero-order chi connectivity index (χ0) is 13.9. The SMILES string of the molecule is CC(C)CC(N)CNC(=O)C1C(C)OC(C)C1C. The third-order valence-corrected chi connectivity index (χ3v) is 3.86. The maximum atomic E-state index is 12.2. The van der Waals surface area contributed by atoms with Gasteiger partial charge in [-0.1, -0.05) is 20.8 Å². The molecule has 1 amide bonds. The van der Waals surface area contributed by atoms with Crippen molar-refractivity contribution in [1.29, 1.82) is 0 Å². The van der Waals surface area contributed by atoms with Crippen molar-refractivity contribution >= 4 is 5.91 Å². The Morgan fingerprint density at radius 2 is 1.89 bits per heavy atom. The first-order valence-electron chi connectivity index (χ1n) is 7.01. The summed E-state index contributed by atoms with van der Waals surface area (Å²) in [5.74, 6) is 0.857. The molecular weight excluding hydrogens is 228 g/mol. The number of hydrogen-bond acceptors (Lipinski definition) is 3. The van der Waals surface area contributed by atoms with Crippen molar-refractivity contribution in [3.63, 3.8) is 0 Å². The Hall–Kier alpha value is -0.610. The van der Waals surface area contributed by atoms with E-state index in [4.69, 9.17) is 10.5 Å². The van der Waals surface area contributed by atoms with E-state index in [1.807, 2.05) is 13.8 Å². The summed E-state index contributed by atoms with van der Waals surface area (Å²) in [6.45, 7) is 10.9. The third-order valence-electron chi connectivity index (χ3n) is 3.86. The van der Waals surface area contributed by atoms with E-state index < -0.39 is 0 Å². The fourth-order valence-corrected chi connectivity index (χ4v) is 2.76. The number of nitrogens with two attached hydrogens (primary N) is 1. The molecule has 0 spiro atoms. The maximum Gasteiger partial charge on any atom is 0.226 e. The van der Waals surface area contributed by atoms with E-state index in [9.17, 15) is 4.79 Å². The second-order valence-corrected chi connectivity index (χ2v) is 6.07. The molecule has 106 valence electrons. The van der Waals surface area contributed by atoms with Crippen LogP contribution in [-0.4, -0.2) is 30.7 Å². The lowest BCUT2D eigenvalue weighted by molar-refractivity contribution is -0.127. The zero-order valence-corrected chi connectivity index (χ0v) is 12.3. The molecule has 1 fully saturated rings. The van der Waals surface area contributed by atoms with Crippen molar-refractivity contribution in [2.24, 2.45) is 23.5 Å². The Bertz CT molecular complexity index is 281. The van der Waals surface area contributed by atoms with Crippen LogP contribution in [0.1, 0.15) is 41.0 Å². The number of nitrogens with one attached hydrogen (secondary N) is 1. The van der Waals surface area contributed by atoms with Gasteiger partial charge in [0.1, 0.15) is 0 Å². The van der Waals surface area contributed by atoms with Gasteiger partial charge in [0.05, 0.1) is 18.1 Å². The van der Waals surface area contributed by atoms with Crippen LogP contribution < -0.4 is 11.1 Å². The number of carbonyl (C=O) groups excluding carboxylic acids is 1. The Balaban J connectivity index is 2.41. The number of carbonyl (C=O) groups is 1. The molecule has 0 radical (unpaired) electrons. The largest absolute Gasteiger partial charge is 0.374 e. The minimum atomic E-state index is -0.0498. The molecule has 0 aromatic carbocycles. The van der Waals surface area contributed by atoms with E-state index in [-0.39, 0.29) is 36.0 Å². The van der Waals surface area contributed by atoms with Crippen LogP contribution in [0.15, 0.2) is 0 Å². The van der Waals surface area contributed by atoms with Crippen molar-refractivity contribution in [2.75, 3.05) is 6.54 Å². The van der Waals surface area contributed by atoms with E-state index in [1.54, 1.807) is 0 Å². The van der Waals surface area contributed by atoms with Gasteiger partial charge in [0.15, 0.2) is 0 Å². The molecule has 5 atom stereocenters. The molecule has 0 aliphatic carbocycles. The van der Waals surface area contributed by atoms with Crippen molar-refractivity contribution < 1.29 is 9.53 Å². The first-order chi connectivity index (χ1) is 8.32. The fourth-order valence-electron chi connectivity index (χ4n) is 2.76. The van der Waals surface area contributed by atoms with Crippen LogP contribution in [0.4, 0.5) is 0 Å². The lowest BCUT2D eigenvalue weighted by atomic mass is 9.89. The van der Waals surface area contributed by atoms with Crippen LogP contribution in [0.5, 0.6) is 0 Å². The van der Waals surface area contributed by atoms with Crippen LogP contribution in [0.25, 0.3) is 0 Å². The van der Waals surface area contributed by atoms with E-state index in [1.165, 1.54) is 0 Å². The van der Waals surface area contributed by atoms with Crippen molar-refractivity contribution in [2.45, 2.75) is 59.3 Å². The minimum absolute atomic E-state index is 0.00340. The number of amides is 1.